The van der Waals surface area contributed by atoms with Crippen LogP contribution in [0.4, 0.5) is 15.8 Å². The number of carbonyl (C=O) groups excluding carboxylic acids is 1. The first kappa shape index (κ1) is 15.4. The Bertz CT molecular complexity index is 669. The third kappa shape index (κ3) is 3.78. The average molecular weight is 307 g/mol. The van der Waals surface area contributed by atoms with Gasteiger partial charge in [0.25, 0.3) is 0 Å². The van der Waals surface area contributed by atoms with Gasteiger partial charge in [0.05, 0.1) is 22.4 Å². The van der Waals surface area contributed by atoms with Gasteiger partial charge in [-0.3, -0.25) is 4.79 Å². The van der Waals surface area contributed by atoms with E-state index in [0.717, 1.165) is 15.6 Å². The fourth-order valence-corrected chi connectivity index (χ4v) is 3.09. The smallest absolute Gasteiger partial charge is 0.221 e. The molecule has 2 N–H and O–H groups in total. The first-order valence-electron chi connectivity index (χ1n) is 6.64. The van der Waals surface area contributed by atoms with Crippen molar-refractivity contribution in [1.82, 2.24) is 4.98 Å². The minimum Gasteiger partial charge on any atom is -0.375 e. The van der Waals surface area contributed by atoms with Crippen molar-refractivity contribution in [3.05, 3.63) is 39.6 Å². The molecule has 112 valence electrons. The van der Waals surface area contributed by atoms with Crippen molar-refractivity contribution in [3.63, 3.8) is 0 Å². The number of carbonyl (C=O) groups is 1. The quantitative estimate of drug-likeness (QED) is 0.896. The number of amides is 1. The lowest BCUT2D eigenvalue weighted by atomic mass is 10.2. The number of nitrogens with zero attached hydrogens (tertiary/aromatic N) is 1. The Balaban J connectivity index is 2.22. The summed E-state index contributed by atoms with van der Waals surface area (Å²) in [5.41, 5.74) is 1.88. The Morgan fingerprint density at radius 3 is 2.67 bits per heavy atom. The molecule has 1 unspecified atom stereocenters. The number of hydrogen-bond donors (Lipinski definition) is 2. The van der Waals surface area contributed by atoms with Crippen LogP contribution >= 0.6 is 11.3 Å². The number of benzene rings is 1. The molecule has 6 heteroatoms. The molecule has 1 amide bonds. The highest BCUT2D eigenvalue weighted by atomic mass is 32.1. The van der Waals surface area contributed by atoms with Crippen molar-refractivity contribution in [1.29, 1.82) is 0 Å². The predicted molar refractivity (Wildman–Crippen MR) is 84.3 cm³/mol. The van der Waals surface area contributed by atoms with Crippen molar-refractivity contribution >= 4 is 28.6 Å². The number of hydrogen-bond acceptors (Lipinski definition) is 4. The van der Waals surface area contributed by atoms with E-state index in [2.05, 4.69) is 15.6 Å². The SMILES string of the molecule is CC(=O)Nc1ccc(F)c(NC(C)c2sc(C)nc2C)c1. The third-order valence-corrected chi connectivity index (χ3v) is 4.25. The highest BCUT2D eigenvalue weighted by Gasteiger charge is 2.15. The van der Waals surface area contributed by atoms with E-state index in [0.29, 0.717) is 11.4 Å². The molecular weight excluding hydrogens is 289 g/mol. The Morgan fingerprint density at radius 1 is 1.38 bits per heavy atom. The first-order chi connectivity index (χ1) is 9.86. The van der Waals surface area contributed by atoms with Gasteiger partial charge in [0.2, 0.25) is 5.91 Å². The van der Waals surface area contributed by atoms with Crippen LogP contribution in [0.25, 0.3) is 0 Å². The third-order valence-electron chi connectivity index (χ3n) is 2.99. The Hall–Kier alpha value is -1.95. The molecule has 0 saturated heterocycles. The highest BCUT2D eigenvalue weighted by Crippen LogP contribution is 2.29. The number of aromatic nitrogens is 1. The molecule has 0 aliphatic rings. The van der Waals surface area contributed by atoms with E-state index < -0.39 is 0 Å². The van der Waals surface area contributed by atoms with E-state index in [1.54, 1.807) is 17.4 Å². The lowest BCUT2D eigenvalue weighted by Gasteiger charge is -2.16. The largest absolute Gasteiger partial charge is 0.375 e. The predicted octanol–water partition coefficient (Wildman–Crippen LogP) is 4.03. The normalized spacial score (nSPS) is 12.0. The Kier molecular flexibility index (Phi) is 4.57. The van der Waals surface area contributed by atoms with Crippen LogP contribution in [0.2, 0.25) is 0 Å². The van der Waals surface area contributed by atoms with Crippen LogP contribution in [-0.4, -0.2) is 10.9 Å². The van der Waals surface area contributed by atoms with Gasteiger partial charge >= 0.3 is 0 Å². The van der Waals surface area contributed by atoms with Crippen LogP contribution in [0.5, 0.6) is 0 Å². The van der Waals surface area contributed by atoms with E-state index in [4.69, 9.17) is 0 Å². The standard InChI is InChI=1S/C15H18FN3OS/c1-8-15(21-11(4)17-8)9(2)18-14-7-12(19-10(3)20)5-6-13(14)16/h5-7,9,18H,1-4H3,(H,19,20). The number of aryl methyl sites for hydroxylation is 2. The summed E-state index contributed by atoms with van der Waals surface area (Å²) in [4.78, 5) is 16.5. The van der Waals surface area contributed by atoms with Crippen molar-refractivity contribution in [2.75, 3.05) is 10.6 Å². The molecule has 21 heavy (non-hydrogen) atoms. The lowest BCUT2D eigenvalue weighted by molar-refractivity contribution is -0.114. The topological polar surface area (TPSA) is 54.0 Å². The zero-order valence-corrected chi connectivity index (χ0v) is 13.3. The fourth-order valence-electron chi connectivity index (χ4n) is 2.16. The Morgan fingerprint density at radius 2 is 2.10 bits per heavy atom. The summed E-state index contributed by atoms with van der Waals surface area (Å²) in [6.45, 7) is 7.28. The van der Waals surface area contributed by atoms with Gasteiger partial charge in [-0.1, -0.05) is 0 Å². The maximum absolute atomic E-state index is 13.9. The van der Waals surface area contributed by atoms with Crippen LogP contribution in [0.15, 0.2) is 18.2 Å². The minimum absolute atomic E-state index is 0.0571. The Labute approximate surface area is 127 Å². The molecule has 0 saturated carbocycles. The van der Waals surface area contributed by atoms with Gasteiger partial charge in [-0.2, -0.15) is 0 Å². The molecule has 0 bridgehead atoms. The molecule has 0 fully saturated rings. The molecule has 0 aliphatic carbocycles. The molecule has 1 aromatic carbocycles. The van der Waals surface area contributed by atoms with Crippen molar-refractivity contribution in [2.24, 2.45) is 0 Å². The molecule has 0 spiro atoms. The molecule has 4 nitrogen and oxygen atoms in total. The van der Waals surface area contributed by atoms with E-state index in [-0.39, 0.29) is 17.8 Å². The summed E-state index contributed by atoms with van der Waals surface area (Å²) in [5, 5.41) is 6.77. The summed E-state index contributed by atoms with van der Waals surface area (Å²) in [7, 11) is 0. The van der Waals surface area contributed by atoms with E-state index in [1.807, 2.05) is 20.8 Å². The highest BCUT2D eigenvalue weighted by molar-refractivity contribution is 7.11. The van der Waals surface area contributed by atoms with Gasteiger partial charge in [0.1, 0.15) is 5.82 Å². The maximum Gasteiger partial charge on any atom is 0.221 e. The second-order valence-electron chi connectivity index (χ2n) is 4.92. The van der Waals surface area contributed by atoms with Crippen LogP contribution in [0.1, 0.15) is 35.5 Å². The zero-order valence-electron chi connectivity index (χ0n) is 12.5. The number of anilines is 2. The average Bonchev–Trinajstić information content (AvgIpc) is 2.72. The van der Waals surface area contributed by atoms with E-state index in [9.17, 15) is 9.18 Å². The van der Waals surface area contributed by atoms with E-state index >= 15 is 0 Å². The van der Waals surface area contributed by atoms with Gasteiger partial charge in [0, 0.05) is 17.5 Å². The van der Waals surface area contributed by atoms with E-state index in [1.165, 1.54) is 19.1 Å². The van der Waals surface area contributed by atoms with Gasteiger partial charge in [-0.05, 0) is 39.0 Å². The van der Waals surface area contributed by atoms with Crippen molar-refractivity contribution in [3.8, 4) is 0 Å². The lowest BCUT2D eigenvalue weighted by Crippen LogP contribution is -2.10. The van der Waals surface area contributed by atoms with Crippen LogP contribution < -0.4 is 10.6 Å². The summed E-state index contributed by atoms with van der Waals surface area (Å²) >= 11 is 1.60. The maximum atomic E-state index is 13.9. The minimum atomic E-state index is -0.352. The first-order valence-corrected chi connectivity index (χ1v) is 7.46. The molecule has 1 heterocycles. The van der Waals surface area contributed by atoms with Gasteiger partial charge in [-0.15, -0.1) is 11.3 Å². The van der Waals surface area contributed by atoms with Crippen LogP contribution in [0, 0.1) is 19.7 Å². The zero-order chi connectivity index (χ0) is 15.6. The molecule has 1 aromatic heterocycles. The molecule has 2 rings (SSSR count). The summed E-state index contributed by atoms with van der Waals surface area (Å²) in [6.07, 6.45) is 0. The second kappa shape index (κ2) is 6.22. The van der Waals surface area contributed by atoms with Gasteiger partial charge < -0.3 is 10.6 Å². The van der Waals surface area contributed by atoms with Crippen molar-refractivity contribution in [2.45, 2.75) is 33.7 Å². The number of rotatable bonds is 4. The fraction of sp³-hybridized carbons (Fsp3) is 0.333. The number of halogens is 1. The van der Waals surface area contributed by atoms with Crippen LogP contribution in [0.3, 0.4) is 0 Å². The molecule has 0 radical (unpaired) electrons. The monoisotopic (exact) mass is 307 g/mol. The molecular formula is C15H18FN3OS. The van der Waals surface area contributed by atoms with Gasteiger partial charge in [-0.25, -0.2) is 9.37 Å². The summed E-state index contributed by atoms with van der Waals surface area (Å²) < 4.78 is 13.9. The van der Waals surface area contributed by atoms with Gasteiger partial charge in [0.15, 0.2) is 0 Å². The molecule has 0 aliphatic heterocycles. The summed E-state index contributed by atoms with van der Waals surface area (Å²) in [5.74, 6) is -0.538. The van der Waals surface area contributed by atoms with Crippen molar-refractivity contribution < 1.29 is 9.18 Å². The number of nitrogens with one attached hydrogen (secondary N) is 2. The van der Waals surface area contributed by atoms with Crippen LogP contribution in [-0.2, 0) is 4.79 Å². The summed E-state index contributed by atoms with van der Waals surface area (Å²) in [6, 6.07) is 4.41. The molecule has 2 aromatic rings. The molecule has 1 atom stereocenters. The second-order valence-corrected chi connectivity index (χ2v) is 6.16. The number of thiazole rings is 1.